The Morgan fingerprint density at radius 1 is 1.16 bits per heavy atom. The molecule has 1 N–H and O–H groups in total. The van der Waals surface area contributed by atoms with Crippen LogP contribution >= 0.6 is 0 Å². The van der Waals surface area contributed by atoms with Crippen LogP contribution in [-0.2, 0) is 0 Å². The molecule has 19 heavy (non-hydrogen) atoms. The molecule has 1 aromatic carbocycles. The summed E-state index contributed by atoms with van der Waals surface area (Å²) in [5.74, 6) is 0.995. The Hall–Kier alpha value is -1.54. The van der Waals surface area contributed by atoms with Gasteiger partial charge in [0, 0.05) is 6.54 Å². The van der Waals surface area contributed by atoms with Crippen molar-refractivity contribution in [2.75, 3.05) is 6.54 Å². The second-order valence-electron chi connectivity index (χ2n) is 5.90. The van der Waals surface area contributed by atoms with Crippen molar-refractivity contribution in [1.82, 2.24) is 5.32 Å². The molecule has 1 fully saturated rings. The van der Waals surface area contributed by atoms with Gasteiger partial charge in [-0.05, 0) is 36.0 Å². The standard InChI is InChI=1S/C17H21NO/c1-17(10-6-11-17)13-18-16(15-9-5-12-19-15)14-7-3-2-4-8-14/h2-5,7-9,12,16,18H,6,10-11,13H2,1H3. The zero-order valence-corrected chi connectivity index (χ0v) is 11.4. The van der Waals surface area contributed by atoms with Gasteiger partial charge in [0.15, 0.2) is 0 Å². The highest BCUT2D eigenvalue weighted by molar-refractivity contribution is 5.26. The fraction of sp³-hybridized carbons (Fsp3) is 0.412. The van der Waals surface area contributed by atoms with Crippen molar-refractivity contribution in [3.63, 3.8) is 0 Å². The summed E-state index contributed by atoms with van der Waals surface area (Å²) in [6, 6.07) is 14.7. The summed E-state index contributed by atoms with van der Waals surface area (Å²) in [6.07, 6.45) is 5.78. The van der Waals surface area contributed by atoms with Gasteiger partial charge in [0.05, 0.1) is 12.3 Å². The lowest BCUT2D eigenvalue weighted by Crippen LogP contribution is -2.39. The molecule has 0 aliphatic heterocycles. The third kappa shape index (κ3) is 2.74. The Morgan fingerprint density at radius 2 is 1.95 bits per heavy atom. The summed E-state index contributed by atoms with van der Waals surface area (Å²) < 4.78 is 5.60. The number of hydrogen-bond acceptors (Lipinski definition) is 2. The predicted molar refractivity (Wildman–Crippen MR) is 77.0 cm³/mol. The van der Waals surface area contributed by atoms with Crippen LogP contribution in [0.15, 0.2) is 53.1 Å². The van der Waals surface area contributed by atoms with Crippen molar-refractivity contribution in [3.8, 4) is 0 Å². The molecule has 2 aromatic rings. The molecule has 2 heteroatoms. The van der Waals surface area contributed by atoms with E-state index in [1.807, 2.05) is 12.1 Å². The molecular formula is C17H21NO. The number of benzene rings is 1. The average molecular weight is 255 g/mol. The number of hydrogen-bond donors (Lipinski definition) is 1. The lowest BCUT2D eigenvalue weighted by atomic mass is 9.70. The average Bonchev–Trinajstić information content (AvgIpc) is 2.92. The Labute approximate surface area is 114 Å². The summed E-state index contributed by atoms with van der Waals surface area (Å²) in [4.78, 5) is 0. The Morgan fingerprint density at radius 3 is 2.53 bits per heavy atom. The van der Waals surface area contributed by atoms with Crippen LogP contribution in [0, 0.1) is 5.41 Å². The predicted octanol–water partition coefficient (Wildman–Crippen LogP) is 4.15. The van der Waals surface area contributed by atoms with E-state index in [9.17, 15) is 0 Å². The van der Waals surface area contributed by atoms with Gasteiger partial charge in [-0.1, -0.05) is 43.7 Å². The molecule has 1 aliphatic rings. The fourth-order valence-electron chi connectivity index (χ4n) is 2.79. The Bertz CT molecular complexity index is 499. The molecule has 0 radical (unpaired) electrons. The first-order valence-corrected chi connectivity index (χ1v) is 7.09. The number of nitrogens with one attached hydrogen (secondary N) is 1. The minimum atomic E-state index is 0.161. The fourth-order valence-corrected chi connectivity index (χ4v) is 2.79. The third-order valence-corrected chi connectivity index (χ3v) is 4.25. The Balaban J connectivity index is 1.77. The molecule has 0 saturated heterocycles. The maximum Gasteiger partial charge on any atom is 0.125 e. The molecule has 1 aliphatic carbocycles. The highest BCUT2D eigenvalue weighted by Gasteiger charge is 2.32. The van der Waals surface area contributed by atoms with Crippen LogP contribution in [0.5, 0.6) is 0 Å². The van der Waals surface area contributed by atoms with Crippen LogP contribution in [-0.4, -0.2) is 6.54 Å². The normalized spacial score (nSPS) is 18.8. The summed E-state index contributed by atoms with van der Waals surface area (Å²) >= 11 is 0. The van der Waals surface area contributed by atoms with E-state index in [-0.39, 0.29) is 6.04 Å². The van der Waals surface area contributed by atoms with Gasteiger partial charge >= 0.3 is 0 Å². The van der Waals surface area contributed by atoms with E-state index in [4.69, 9.17) is 4.42 Å². The zero-order valence-electron chi connectivity index (χ0n) is 11.4. The van der Waals surface area contributed by atoms with Gasteiger partial charge in [0.1, 0.15) is 5.76 Å². The number of rotatable bonds is 5. The molecule has 3 rings (SSSR count). The van der Waals surface area contributed by atoms with Crippen molar-refractivity contribution in [3.05, 3.63) is 60.1 Å². The molecule has 1 saturated carbocycles. The summed E-state index contributed by atoms with van der Waals surface area (Å²) in [6.45, 7) is 3.42. The quantitative estimate of drug-likeness (QED) is 0.868. The van der Waals surface area contributed by atoms with Gasteiger partial charge in [-0.15, -0.1) is 0 Å². The molecule has 0 amide bonds. The monoisotopic (exact) mass is 255 g/mol. The lowest BCUT2D eigenvalue weighted by molar-refractivity contribution is 0.151. The van der Waals surface area contributed by atoms with Crippen LogP contribution < -0.4 is 5.32 Å². The number of furan rings is 1. The third-order valence-electron chi connectivity index (χ3n) is 4.25. The van der Waals surface area contributed by atoms with E-state index in [0.717, 1.165) is 12.3 Å². The van der Waals surface area contributed by atoms with Gasteiger partial charge in [0.2, 0.25) is 0 Å². The molecule has 0 spiro atoms. The first-order valence-electron chi connectivity index (χ1n) is 7.09. The van der Waals surface area contributed by atoms with E-state index in [2.05, 4.69) is 42.6 Å². The van der Waals surface area contributed by atoms with Crippen molar-refractivity contribution < 1.29 is 4.42 Å². The van der Waals surface area contributed by atoms with E-state index in [0.29, 0.717) is 5.41 Å². The van der Waals surface area contributed by atoms with Gasteiger partial charge in [-0.2, -0.15) is 0 Å². The topological polar surface area (TPSA) is 25.2 Å². The van der Waals surface area contributed by atoms with Crippen LogP contribution in [0.2, 0.25) is 0 Å². The second-order valence-corrected chi connectivity index (χ2v) is 5.90. The largest absolute Gasteiger partial charge is 0.467 e. The Kier molecular flexibility index (Phi) is 3.43. The van der Waals surface area contributed by atoms with Gasteiger partial charge in [-0.3, -0.25) is 0 Å². The molecule has 1 aromatic heterocycles. The van der Waals surface area contributed by atoms with Gasteiger partial charge in [-0.25, -0.2) is 0 Å². The molecule has 1 heterocycles. The molecular weight excluding hydrogens is 234 g/mol. The van der Waals surface area contributed by atoms with Gasteiger partial charge in [0.25, 0.3) is 0 Å². The first kappa shape index (κ1) is 12.5. The van der Waals surface area contributed by atoms with Gasteiger partial charge < -0.3 is 9.73 Å². The van der Waals surface area contributed by atoms with Crippen molar-refractivity contribution in [1.29, 1.82) is 0 Å². The zero-order chi connectivity index (χ0) is 13.1. The second kappa shape index (κ2) is 5.22. The maximum absolute atomic E-state index is 5.60. The highest BCUT2D eigenvalue weighted by atomic mass is 16.3. The summed E-state index contributed by atoms with van der Waals surface area (Å²) in [7, 11) is 0. The summed E-state index contributed by atoms with van der Waals surface area (Å²) in [5, 5.41) is 3.69. The van der Waals surface area contributed by atoms with Crippen molar-refractivity contribution in [2.24, 2.45) is 5.41 Å². The first-order chi connectivity index (χ1) is 9.27. The van der Waals surface area contributed by atoms with E-state index in [1.54, 1.807) is 6.26 Å². The lowest BCUT2D eigenvalue weighted by Gasteiger charge is -2.39. The van der Waals surface area contributed by atoms with E-state index < -0.39 is 0 Å². The molecule has 1 atom stereocenters. The van der Waals surface area contributed by atoms with Crippen LogP contribution in [0.1, 0.15) is 43.6 Å². The minimum absolute atomic E-state index is 0.161. The molecule has 0 bridgehead atoms. The van der Waals surface area contributed by atoms with E-state index >= 15 is 0 Å². The van der Waals surface area contributed by atoms with Crippen molar-refractivity contribution >= 4 is 0 Å². The molecule has 1 unspecified atom stereocenters. The molecule has 100 valence electrons. The minimum Gasteiger partial charge on any atom is -0.467 e. The van der Waals surface area contributed by atoms with Crippen LogP contribution in [0.4, 0.5) is 0 Å². The maximum atomic E-state index is 5.60. The molecule has 2 nitrogen and oxygen atoms in total. The summed E-state index contributed by atoms with van der Waals surface area (Å²) in [5.41, 5.74) is 1.74. The van der Waals surface area contributed by atoms with E-state index in [1.165, 1.54) is 24.8 Å². The van der Waals surface area contributed by atoms with Crippen molar-refractivity contribution in [2.45, 2.75) is 32.2 Å². The highest BCUT2D eigenvalue weighted by Crippen LogP contribution is 2.40. The van der Waals surface area contributed by atoms with Crippen LogP contribution in [0.25, 0.3) is 0 Å². The SMILES string of the molecule is CC1(CNC(c2ccccc2)c2ccco2)CCC1. The smallest absolute Gasteiger partial charge is 0.125 e. The van der Waals surface area contributed by atoms with Crippen LogP contribution in [0.3, 0.4) is 0 Å².